The molecule has 0 saturated heterocycles. The fourth-order valence-electron chi connectivity index (χ4n) is 6.60. The Morgan fingerprint density at radius 3 is 1.57 bits per heavy atom. The summed E-state index contributed by atoms with van der Waals surface area (Å²) >= 11 is 6.71. The van der Waals surface area contributed by atoms with E-state index in [2.05, 4.69) is 121 Å². The molecule has 7 rings (SSSR count). The van der Waals surface area contributed by atoms with Crippen molar-refractivity contribution in [2.24, 2.45) is 0 Å². The first kappa shape index (κ1) is 24.6. The number of hydrogen-bond donors (Lipinski definition) is 1. The van der Waals surface area contributed by atoms with Crippen LogP contribution >= 0.6 is 11.6 Å². The average molecular weight is 535 g/mol. The Labute approximate surface area is 240 Å². The molecule has 0 amide bonds. The predicted molar refractivity (Wildman–Crippen MR) is 165 cm³/mol. The summed E-state index contributed by atoms with van der Waals surface area (Å²) < 4.78 is 0. The lowest BCUT2D eigenvalue weighted by Gasteiger charge is -2.44. The Bertz CT molecular complexity index is 1780. The smallest absolute Gasteiger partial charge is 0.105 e. The average Bonchev–Trinajstić information content (AvgIpc) is 3.02. The van der Waals surface area contributed by atoms with E-state index in [-0.39, 0.29) is 0 Å². The van der Waals surface area contributed by atoms with Gasteiger partial charge in [-0.2, -0.15) is 0 Å². The molecule has 0 heterocycles. The van der Waals surface area contributed by atoms with E-state index in [0.717, 1.165) is 44.5 Å². The Morgan fingerprint density at radius 1 is 0.450 bits per heavy atom. The molecule has 1 unspecified atom stereocenters. The monoisotopic (exact) mass is 534 g/mol. The van der Waals surface area contributed by atoms with Crippen molar-refractivity contribution < 1.29 is 5.11 Å². The van der Waals surface area contributed by atoms with Crippen molar-refractivity contribution in [3.05, 3.63) is 190 Å². The van der Waals surface area contributed by atoms with Gasteiger partial charge in [-0.3, -0.25) is 0 Å². The van der Waals surface area contributed by atoms with Crippen LogP contribution in [-0.4, -0.2) is 5.11 Å². The van der Waals surface area contributed by atoms with E-state index in [0.29, 0.717) is 5.02 Å². The van der Waals surface area contributed by atoms with Gasteiger partial charge in [0.25, 0.3) is 0 Å². The summed E-state index contributed by atoms with van der Waals surface area (Å²) in [5.41, 5.74) is 9.82. The summed E-state index contributed by atoms with van der Waals surface area (Å²) in [6.45, 7) is 0. The van der Waals surface area contributed by atoms with Crippen molar-refractivity contribution in [2.45, 2.75) is 11.5 Å². The third kappa shape index (κ3) is 3.67. The Balaban J connectivity index is 1.61. The van der Waals surface area contributed by atoms with E-state index in [1.54, 1.807) is 0 Å². The van der Waals surface area contributed by atoms with Gasteiger partial charge in [0, 0.05) is 10.6 Å². The van der Waals surface area contributed by atoms with E-state index < -0.39 is 11.5 Å². The first-order valence-electron chi connectivity index (χ1n) is 13.6. The maximum absolute atomic E-state index is 12.2. The maximum Gasteiger partial charge on any atom is 0.105 e. The van der Waals surface area contributed by atoms with E-state index >= 15 is 0 Å². The standard InChI is InChI=1S/C38H27ClO/c39-35-25-12-10-20-30(35)28-18-7-8-19-29(28)31-22-13-24-34-36(31)37(40)32-21-9-11-23-33(32)38(34,26-14-3-1-4-15-26)27-16-5-2-6-17-27/h1-25,37,40H. The lowest BCUT2D eigenvalue weighted by molar-refractivity contribution is 0.212. The molecule has 1 nitrogen and oxygen atoms in total. The number of hydrogen-bond acceptors (Lipinski definition) is 1. The molecule has 1 aliphatic carbocycles. The zero-order valence-corrected chi connectivity index (χ0v) is 22.6. The third-order valence-corrected chi connectivity index (χ3v) is 8.57. The van der Waals surface area contributed by atoms with Crippen LogP contribution in [-0.2, 0) is 5.41 Å². The van der Waals surface area contributed by atoms with Gasteiger partial charge in [-0.1, -0.05) is 157 Å². The summed E-state index contributed by atoms with van der Waals surface area (Å²) in [5, 5.41) is 12.9. The van der Waals surface area contributed by atoms with Crippen molar-refractivity contribution in [3.63, 3.8) is 0 Å². The first-order chi connectivity index (χ1) is 19.7. The van der Waals surface area contributed by atoms with Gasteiger partial charge >= 0.3 is 0 Å². The second kappa shape index (κ2) is 9.95. The number of fused-ring (bicyclic) bond motifs is 2. The van der Waals surface area contributed by atoms with Gasteiger partial charge in [-0.05, 0) is 56.1 Å². The van der Waals surface area contributed by atoms with Crippen LogP contribution in [0.2, 0.25) is 5.02 Å². The maximum atomic E-state index is 12.2. The second-order valence-electron chi connectivity index (χ2n) is 10.3. The quantitative estimate of drug-likeness (QED) is 0.239. The number of aliphatic hydroxyl groups excluding tert-OH is 1. The van der Waals surface area contributed by atoms with E-state index in [1.165, 1.54) is 11.1 Å². The molecule has 0 spiro atoms. The Kier molecular flexibility index (Phi) is 6.12. The Morgan fingerprint density at radius 2 is 0.925 bits per heavy atom. The molecule has 0 aliphatic heterocycles. The van der Waals surface area contributed by atoms with Gasteiger partial charge in [-0.25, -0.2) is 0 Å². The minimum absolute atomic E-state index is 0.608. The molecule has 1 N–H and O–H groups in total. The van der Waals surface area contributed by atoms with Crippen LogP contribution in [0.3, 0.4) is 0 Å². The molecule has 0 aromatic heterocycles. The van der Waals surface area contributed by atoms with Gasteiger partial charge in [0.15, 0.2) is 0 Å². The van der Waals surface area contributed by atoms with Gasteiger partial charge in [-0.15, -0.1) is 0 Å². The highest BCUT2D eigenvalue weighted by molar-refractivity contribution is 6.33. The normalized spacial score (nSPS) is 15.2. The van der Waals surface area contributed by atoms with Crippen molar-refractivity contribution in [1.82, 2.24) is 0 Å². The minimum atomic E-state index is -0.790. The molecular formula is C38H27ClO. The molecule has 0 fully saturated rings. The molecule has 6 aromatic carbocycles. The first-order valence-corrected chi connectivity index (χ1v) is 13.9. The molecule has 0 saturated carbocycles. The largest absolute Gasteiger partial charge is 0.384 e. The zero-order chi connectivity index (χ0) is 27.1. The van der Waals surface area contributed by atoms with Crippen LogP contribution in [0.25, 0.3) is 22.3 Å². The third-order valence-electron chi connectivity index (χ3n) is 8.24. The fraction of sp³-hybridized carbons (Fsp3) is 0.0526. The van der Waals surface area contributed by atoms with Gasteiger partial charge < -0.3 is 5.11 Å². The predicted octanol–water partition coefficient (Wildman–Crippen LogP) is 9.45. The molecule has 40 heavy (non-hydrogen) atoms. The van der Waals surface area contributed by atoms with Crippen LogP contribution in [0, 0.1) is 0 Å². The fourth-order valence-corrected chi connectivity index (χ4v) is 6.83. The molecular weight excluding hydrogens is 508 g/mol. The van der Waals surface area contributed by atoms with Crippen molar-refractivity contribution in [3.8, 4) is 22.3 Å². The summed E-state index contributed by atoms with van der Waals surface area (Å²) in [4.78, 5) is 0. The molecule has 0 bridgehead atoms. The zero-order valence-electron chi connectivity index (χ0n) is 21.8. The summed E-state index contributed by atoms with van der Waals surface area (Å²) in [6.07, 6.45) is -0.790. The van der Waals surface area contributed by atoms with Crippen LogP contribution in [0.15, 0.2) is 152 Å². The van der Waals surface area contributed by atoms with Gasteiger partial charge in [0.1, 0.15) is 6.10 Å². The van der Waals surface area contributed by atoms with Crippen LogP contribution in [0.1, 0.15) is 39.5 Å². The highest BCUT2D eigenvalue weighted by atomic mass is 35.5. The second-order valence-corrected chi connectivity index (χ2v) is 10.7. The van der Waals surface area contributed by atoms with Gasteiger partial charge in [0.2, 0.25) is 0 Å². The van der Waals surface area contributed by atoms with E-state index in [9.17, 15) is 5.11 Å². The summed E-state index contributed by atoms with van der Waals surface area (Å²) in [6, 6.07) is 52.4. The molecule has 192 valence electrons. The molecule has 1 atom stereocenters. The van der Waals surface area contributed by atoms with E-state index in [1.807, 2.05) is 30.3 Å². The van der Waals surface area contributed by atoms with Crippen LogP contribution in [0.5, 0.6) is 0 Å². The lowest BCUT2D eigenvalue weighted by Crippen LogP contribution is -2.37. The lowest BCUT2D eigenvalue weighted by atomic mass is 9.58. The topological polar surface area (TPSA) is 20.2 Å². The van der Waals surface area contributed by atoms with Crippen LogP contribution < -0.4 is 0 Å². The SMILES string of the molecule is OC1c2ccccc2C(c2ccccc2)(c2ccccc2)c2cccc(-c3ccccc3-c3ccccc3Cl)c21. The van der Waals surface area contributed by atoms with Crippen LogP contribution in [0.4, 0.5) is 0 Å². The summed E-state index contributed by atoms with van der Waals surface area (Å²) in [7, 11) is 0. The van der Waals surface area contributed by atoms with Crippen molar-refractivity contribution >= 4 is 11.6 Å². The number of halogens is 1. The van der Waals surface area contributed by atoms with Crippen molar-refractivity contribution in [1.29, 1.82) is 0 Å². The Hall–Kier alpha value is -4.43. The highest BCUT2D eigenvalue weighted by Crippen LogP contribution is 2.55. The molecule has 1 aliphatic rings. The molecule has 6 aromatic rings. The number of aliphatic hydroxyl groups is 1. The molecule has 2 heteroatoms. The van der Waals surface area contributed by atoms with Crippen molar-refractivity contribution in [2.75, 3.05) is 0 Å². The molecule has 0 radical (unpaired) electrons. The van der Waals surface area contributed by atoms with Gasteiger partial charge in [0.05, 0.1) is 5.41 Å². The number of rotatable bonds is 4. The summed E-state index contributed by atoms with van der Waals surface area (Å²) in [5.74, 6) is 0. The minimum Gasteiger partial charge on any atom is -0.384 e. The highest BCUT2D eigenvalue weighted by Gasteiger charge is 2.46. The number of benzene rings is 6. The van der Waals surface area contributed by atoms with E-state index in [4.69, 9.17) is 11.6 Å².